The molecule has 0 spiro atoms. The van der Waals surface area contributed by atoms with Crippen molar-refractivity contribution in [3.05, 3.63) is 41.2 Å². The van der Waals surface area contributed by atoms with E-state index in [1.54, 1.807) is 4.90 Å². The Balaban J connectivity index is 1.73. The normalized spacial score (nSPS) is 21.1. The van der Waals surface area contributed by atoms with Crippen LogP contribution in [-0.2, 0) is 0 Å². The summed E-state index contributed by atoms with van der Waals surface area (Å²) in [6.45, 7) is 4.58. The van der Waals surface area contributed by atoms with Crippen LogP contribution in [0.4, 0.5) is 0 Å². The van der Waals surface area contributed by atoms with Crippen molar-refractivity contribution in [2.24, 2.45) is 0 Å². The van der Waals surface area contributed by atoms with E-state index in [1.807, 2.05) is 0 Å². The van der Waals surface area contributed by atoms with E-state index < -0.39 is 0 Å². The van der Waals surface area contributed by atoms with Gasteiger partial charge in [-0.1, -0.05) is 42.7 Å². The predicted molar refractivity (Wildman–Crippen MR) is 88.3 cm³/mol. The second kappa shape index (κ2) is 6.40. The van der Waals surface area contributed by atoms with E-state index in [1.165, 1.54) is 62.7 Å². The summed E-state index contributed by atoms with van der Waals surface area (Å²) in [7, 11) is 0. The molecule has 2 aliphatic rings. The van der Waals surface area contributed by atoms with Gasteiger partial charge < -0.3 is 4.90 Å². The van der Waals surface area contributed by atoms with Gasteiger partial charge in [0.1, 0.15) is 0 Å². The van der Waals surface area contributed by atoms with Gasteiger partial charge in [-0.05, 0) is 30.2 Å². The molecule has 1 atom stereocenters. The van der Waals surface area contributed by atoms with Gasteiger partial charge in [0.2, 0.25) is 5.82 Å². The average molecular weight is 312 g/mol. The molecule has 0 amide bonds. The number of aromatic nitrogens is 4. The molecule has 1 aliphatic carbocycles. The Morgan fingerprint density at radius 1 is 1.04 bits per heavy atom. The van der Waals surface area contributed by atoms with Crippen LogP contribution in [0, 0.1) is 6.92 Å². The number of hydrogen-bond donors (Lipinski definition) is 1. The van der Waals surface area contributed by atoms with Gasteiger partial charge >= 0.3 is 0 Å². The van der Waals surface area contributed by atoms with Gasteiger partial charge in [0.25, 0.3) is 0 Å². The van der Waals surface area contributed by atoms with E-state index in [0.29, 0.717) is 6.04 Å². The standard InChI is InChI=1S/C18H25N5/c1-14-8-10-15(11-9-14)17(22-12-4-5-13-22)18-19-20-21-23(18)16-6-2-3-7-16/h8-11,16-17H,2-7,12-13H2,1H3/p+1/t17-/m1/s1. The Kier molecular flexibility index (Phi) is 4.12. The minimum absolute atomic E-state index is 0.272. The fourth-order valence-electron chi connectivity index (χ4n) is 4.24. The first kappa shape index (κ1) is 14.8. The molecule has 1 saturated heterocycles. The molecule has 2 fully saturated rings. The van der Waals surface area contributed by atoms with Gasteiger partial charge in [-0.25, -0.2) is 4.68 Å². The number of nitrogens with zero attached hydrogens (tertiary/aromatic N) is 4. The highest BCUT2D eigenvalue weighted by molar-refractivity contribution is 5.26. The smallest absolute Gasteiger partial charge is 0.214 e. The van der Waals surface area contributed by atoms with Crippen molar-refractivity contribution in [1.29, 1.82) is 0 Å². The summed E-state index contributed by atoms with van der Waals surface area (Å²) in [5, 5.41) is 12.9. The average Bonchev–Trinajstić information content (AvgIpc) is 3.32. The molecule has 1 aliphatic heterocycles. The summed E-state index contributed by atoms with van der Waals surface area (Å²) < 4.78 is 2.14. The third-order valence-electron chi connectivity index (χ3n) is 5.51. The number of rotatable bonds is 4. The zero-order valence-corrected chi connectivity index (χ0v) is 13.9. The lowest BCUT2D eigenvalue weighted by molar-refractivity contribution is -0.914. The largest absolute Gasteiger partial charge is 0.322 e. The monoisotopic (exact) mass is 312 g/mol. The zero-order chi connectivity index (χ0) is 15.6. The molecule has 1 saturated carbocycles. The van der Waals surface area contributed by atoms with Gasteiger partial charge in [-0.15, -0.1) is 5.10 Å². The van der Waals surface area contributed by atoms with Crippen molar-refractivity contribution >= 4 is 0 Å². The van der Waals surface area contributed by atoms with Crippen molar-refractivity contribution in [3.63, 3.8) is 0 Å². The molecule has 2 heterocycles. The Labute approximate surface area is 137 Å². The molecule has 23 heavy (non-hydrogen) atoms. The first-order valence-corrected chi connectivity index (χ1v) is 9.02. The van der Waals surface area contributed by atoms with E-state index >= 15 is 0 Å². The molecule has 1 N–H and O–H groups in total. The van der Waals surface area contributed by atoms with Crippen LogP contribution in [0.5, 0.6) is 0 Å². The summed E-state index contributed by atoms with van der Waals surface area (Å²) in [6, 6.07) is 9.71. The number of quaternary nitrogens is 1. The van der Waals surface area contributed by atoms with Crippen LogP contribution < -0.4 is 4.90 Å². The van der Waals surface area contributed by atoms with Crippen molar-refractivity contribution < 1.29 is 4.90 Å². The second-order valence-electron chi connectivity index (χ2n) is 7.13. The Morgan fingerprint density at radius 3 is 2.43 bits per heavy atom. The highest BCUT2D eigenvalue weighted by Crippen LogP contribution is 2.31. The molecule has 5 nitrogen and oxygen atoms in total. The lowest BCUT2D eigenvalue weighted by Crippen LogP contribution is -3.10. The van der Waals surface area contributed by atoms with E-state index in [0.717, 1.165) is 5.82 Å². The molecular formula is C18H26N5+. The number of benzene rings is 1. The summed E-state index contributed by atoms with van der Waals surface area (Å²) in [6.07, 6.45) is 7.65. The van der Waals surface area contributed by atoms with Crippen molar-refractivity contribution in [2.45, 2.75) is 57.5 Å². The third-order valence-corrected chi connectivity index (χ3v) is 5.51. The van der Waals surface area contributed by atoms with E-state index in [2.05, 4.69) is 51.4 Å². The van der Waals surface area contributed by atoms with Crippen LogP contribution in [0.2, 0.25) is 0 Å². The fourth-order valence-corrected chi connectivity index (χ4v) is 4.24. The Bertz CT molecular complexity index is 636. The minimum atomic E-state index is 0.272. The molecule has 5 heteroatoms. The summed E-state index contributed by atoms with van der Waals surface area (Å²) in [5.74, 6) is 1.07. The minimum Gasteiger partial charge on any atom is -0.322 e. The summed E-state index contributed by atoms with van der Waals surface area (Å²) >= 11 is 0. The molecule has 0 radical (unpaired) electrons. The Hall–Kier alpha value is -1.75. The molecule has 4 rings (SSSR count). The number of tetrazole rings is 1. The van der Waals surface area contributed by atoms with Crippen LogP contribution >= 0.6 is 0 Å². The van der Waals surface area contributed by atoms with Crippen molar-refractivity contribution in [1.82, 2.24) is 20.2 Å². The van der Waals surface area contributed by atoms with Gasteiger partial charge in [0.05, 0.1) is 19.1 Å². The topological polar surface area (TPSA) is 48.0 Å². The molecule has 1 aromatic heterocycles. The molecule has 1 aromatic carbocycles. The predicted octanol–water partition coefficient (Wildman–Crippen LogP) is 1.86. The fraction of sp³-hybridized carbons (Fsp3) is 0.611. The number of likely N-dealkylation sites (tertiary alicyclic amines) is 1. The highest BCUT2D eigenvalue weighted by atomic mass is 15.6. The summed E-state index contributed by atoms with van der Waals surface area (Å²) in [5.41, 5.74) is 2.65. The van der Waals surface area contributed by atoms with Crippen LogP contribution in [0.1, 0.15) is 67.6 Å². The third kappa shape index (κ3) is 2.90. The van der Waals surface area contributed by atoms with Crippen LogP contribution in [-0.4, -0.2) is 33.3 Å². The number of nitrogens with one attached hydrogen (secondary N) is 1. The number of hydrogen-bond acceptors (Lipinski definition) is 3. The lowest BCUT2D eigenvalue weighted by atomic mass is 10.0. The van der Waals surface area contributed by atoms with E-state index in [9.17, 15) is 0 Å². The molecular weight excluding hydrogens is 286 g/mol. The summed E-state index contributed by atoms with van der Waals surface area (Å²) in [4.78, 5) is 1.61. The van der Waals surface area contributed by atoms with E-state index in [4.69, 9.17) is 0 Å². The van der Waals surface area contributed by atoms with Gasteiger partial charge in [-0.2, -0.15) is 0 Å². The first-order valence-electron chi connectivity index (χ1n) is 9.02. The van der Waals surface area contributed by atoms with Crippen LogP contribution in [0.15, 0.2) is 24.3 Å². The van der Waals surface area contributed by atoms with Gasteiger partial charge in [0.15, 0.2) is 6.04 Å². The first-order chi connectivity index (χ1) is 11.3. The lowest BCUT2D eigenvalue weighted by Gasteiger charge is -2.25. The number of aryl methyl sites for hydroxylation is 1. The highest BCUT2D eigenvalue weighted by Gasteiger charge is 2.35. The van der Waals surface area contributed by atoms with E-state index in [-0.39, 0.29) is 6.04 Å². The molecule has 122 valence electrons. The quantitative estimate of drug-likeness (QED) is 0.937. The second-order valence-corrected chi connectivity index (χ2v) is 7.13. The van der Waals surface area contributed by atoms with Gasteiger partial charge in [0, 0.05) is 18.4 Å². The van der Waals surface area contributed by atoms with Crippen molar-refractivity contribution in [3.8, 4) is 0 Å². The zero-order valence-electron chi connectivity index (χ0n) is 13.9. The molecule has 2 aromatic rings. The maximum absolute atomic E-state index is 4.49. The van der Waals surface area contributed by atoms with Crippen LogP contribution in [0.3, 0.4) is 0 Å². The van der Waals surface area contributed by atoms with Crippen molar-refractivity contribution in [2.75, 3.05) is 13.1 Å². The van der Waals surface area contributed by atoms with Crippen LogP contribution in [0.25, 0.3) is 0 Å². The SMILES string of the molecule is Cc1ccc([C@H](c2nnnn2C2CCCC2)[NH+]2CCCC2)cc1. The molecule has 0 bridgehead atoms. The Morgan fingerprint density at radius 2 is 1.74 bits per heavy atom. The maximum atomic E-state index is 4.49. The molecule has 0 unspecified atom stereocenters. The van der Waals surface area contributed by atoms with Gasteiger partial charge in [-0.3, -0.25) is 0 Å². The maximum Gasteiger partial charge on any atom is 0.214 e.